The topological polar surface area (TPSA) is 37.4 Å². The molecule has 19 heavy (non-hydrogen) atoms. The number of hydrogen-bond acceptors (Lipinski definition) is 2. The summed E-state index contributed by atoms with van der Waals surface area (Å²) < 4.78 is 0. The van der Waals surface area contributed by atoms with Gasteiger partial charge in [-0.15, -0.1) is 0 Å². The Morgan fingerprint density at radius 3 is 2.26 bits per heavy atom. The largest absolute Gasteiger partial charge is 0.274 e. The number of aryl methyl sites for hydroxylation is 1. The number of carbonyl (C=O) groups is 2. The third-order valence-corrected chi connectivity index (χ3v) is 4.15. The molecule has 0 aromatic heterocycles. The average Bonchev–Trinajstić information content (AvgIpc) is 2.66. The first-order valence-electron chi connectivity index (χ1n) is 6.38. The first kappa shape index (κ1) is 12.4. The highest BCUT2D eigenvalue weighted by molar-refractivity contribution is 6.31. The van der Waals surface area contributed by atoms with Gasteiger partial charge in [-0.1, -0.05) is 29.8 Å². The zero-order valence-electron chi connectivity index (χ0n) is 10.6. The Labute approximate surface area is 116 Å². The molecule has 2 aliphatic rings. The number of benzene rings is 1. The molecule has 1 aromatic carbocycles. The van der Waals surface area contributed by atoms with Gasteiger partial charge in [0.15, 0.2) is 0 Å². The molecule has 1 aliphatic heterocycles. The van der Waals surface area contributed by atoms with E-state index in [1.54, 1.807) is 12.1 Å². The van der Waals surface area contributed by atoms with E-state index in [2.05, 4.69) is 0 Å². The maximum atomic E-state index is 12.4. The van der Waals surface area contributed by atoms with Crippen LogP contribution in [0.4, 0.5) is 5.69 Å². The van der Waals surface area contributed by atoms with Crippen molar-refractivity contribution in [3.8, 4) is 0 Å². The van der Waals surface area contributed by atoms with Crippen LogP contribution in [0.3, 0.4) is 0 Å². The molecule has 0 spiro atoms. The predicted molar refractivity (Wildman–Crippen MR) is 74.0 cm³/mol. The van der Waals surface area contributed by atoms with Gasteiger partial charge in [0.1, 0.15) is 0 Å². The Morgan fingerprint density at radius 2 is 1.68 bits per heavy atom. The standard InChI is InChI=1S/C15H14ClNO2/c1-9-6-7-10(16)8-13(9)17-14(18)11-4-2-3-5-12(11)15(17)19/h2-3,6-8,11-12H,4-5H2,1H3. The summed E-state index contributed by atoms with van der Waals surface area (Å²) >= 11 is 5.98. The van der Waals surface area contributed by atoms with Crippen LogP contribution in [0.25, 0.3) is 0 Å². The molecule has 1 aromatic rings. The number of fused-ring (bicyclic) bond motifs is 1. The Balaban J connectivity index is 2.04. The molecule has 1 aliphatic carbocycles. The fraction of sp³-hybridized carbons (Fsp3) is 0.333. The number of imide groups is 1. The highest BCUT2D eigenvalue weighted by atomic mass is 35.5. The molecule has 3 nitrogen and oxygen atoms in total. The normalized spacial score (nSPS) is 25.9. The second kappa shape index (κ2) is 4.49. The van der Waals surface area contributed by atoms with Gasteiger partial charge in [-0.05, 0) is 37.5 Å². The molecular weight excluding hydrogens is 262 g/mol. The first-order valence-corrected chi connectivity index (χ1v) is 6.76. The summed E-state index contributed by atoms with van der Waals surface area (Å²) in [7, 11) is 0. The molecule has 1 fully saturated rings. The van der Waals surface area contributed by atoms with Crippen LogP contribution in [0.15, 0.2) is 30.4 Å². The summed E-state index contributed by atoms with van der Waals surface area (Å²) in [5.41, 5.74) is 1.51. The fourth-order valence-electron chi connectivity index (χ4n) is 2.86. The van der Waals surface area contributed by atoms with Crippen molar-refractivity contribution in [2.75, 3.05) is 4.90 Å². The molecule has 2 unspecified atom stereocenters. The minimum Gasteiger partial charge on any atom is -0.274 e. The molecule has 1 heterocycles. The molecule has 0 bridgehead atoms. The third kappa shape index (κ3) is 1.89. The maximum Gasteiger partial charge on any atom is 0.238 e. The first-order chi connectivity index (χ1) is 9.09. The molecule has 0 N–H and O–H groups in total. The zero-order chi connectivity index (χ0) is 13.6. The second-order valence-corrected chi connectivity index (χ2v) is 5.53. The quantitative estimate of drug-likeness (QED) is 0.583. The summed E-state index contributed by atoms with van der Waals surface area (Å²) in [6, 6.07) is 5.29. The minimum atomic E-state index is -0.198. The number of nitrogens with zero attached hydrogens (tertiary/aromatic N) is 1. The zero-order valence-corrected chi connectivity index (χ0v) is 11.4. The van der Waals surface area contributed by atoms with Crippen LogP contribution in [0.1, 0.15) is 18.4 Å². The molecule has 1 saturated heterocycles. The van der Waals surface area contributed by atoms with Gasteiger partial charge < -0.3 is 0 Å². The molecule has 4 heteroatoms. The predicted octanol–water partition coefficient (Wildman–Crippen LogP) is 3.10. The summed E-state index contributed by atoms with van der Waals surface area (Å²) in [4.78, 5) is 26.2. The van der Waals surface area contributed by atoms with Gasteiger partial charge in [0.05, 0.1) is 17.5 Å². The number of allylic oxidation sites excluding steroid dienone is 2. The minimum absolute atomic E-state index is 0.0929. The highest BCUT2D eigenvalue weighted by Crippen LogP contribution is 2.39. The number of carbonyl (C=O) groups excluding carboxylic acids is 2. The van der Waals surface area contributed by atoms with Crippen LogP contribution in [0.2, 0.25) is 5.02 Å². The third-order valence-electron chi connectivity index (χ3n) is 3.92. The van der Waals surface area contributed by atoms with E-state index in [-0.39, 0.29) is 23.7 Å². The van der Waals surface area contributed by atoms with Crippen molar-refractivity contribution in [1.29, 1.82) is 0 Å². The SMILES string of the molecule is Cc1ccc(Cl)cc1N1C(=O)C2CC=CCC2C1=O. The smallest absolute Gasteiger partial charge is 0.238 e. The summed E-state index contributed by atoms with van der Waals surface area (Å²) in [6.07, 6.45) is 5.29. The fourth-order valence-corrected chi connectivity index (χ4v) is 3.03. The molecule has 3 rings (SSSR count). The van der Waals surface area contributed by atoms with Crippen molar-refractivity contribution in [2.45, 2.75) is 19.8 Å². The molecule has 2 atom stereocenters. The number of hydrogen-bond donors (Lipinski definition) is 0. The van der Waals surface area contributed by atoms with Gasteiger partial charge >= 0.3 is 0 Å². The van der Waals surface area contributed by atoms with E-state index < -0.39 is 0 Å². The van der Waals surface area contributed by atoms with Crippen molar-refractivity contribution in [2.24, 2.45) is 11.8 Å². The van der Waals surface area contributed by atoms with Crippen molar-refractivity contribution >= 4 is 29.1 Å². The van der Waals surface area contributed by atoms with Crippen LogP contribution in [0, 0.1) is 18.8 Å². The van der Waals surface area contributed by atoms with E-state index >= 15 is 0 Å². The van der Waals surface area contributed by atoms with Gasteiger partial charge in [0.25, 0.3) is 0 Å². The van der Waals surface area contributed by atoms with E-state index in [0.29, 0.717) is 23.6 Å². The van der Waals surface area contributed by atoms with Crippen LogP contribution in [0.5, 0.6) is 0 Å². The lowest BCUT2D eigenvalue weighted by atomic mass is 9.85. The van der Waals surface area contributed by atoms with Crippen LogP contribution >= 0.6 is 11.6 Å². The van der Waals surface area contributed by atoms with Gasteiger partial charge in [-0.2, -0.15) is 0 Å². The van der Waals surface area contributed by atoms with Crippen LogP contribution in [-0.4, -0.2) is 11.8 Å². The van der Waals surface area contributed by atoms with Crippen LogP contribution in [-0.2, 0) is 9.59 Å². The Bertz CT molecular complexity index is 568. The van der Waals surface area contributed by atoms with Gasteiger partial charge in [0.2, 0.25) is 11.8 Å². The molecular formula is C15H14ClNO2. The second-order valence-electron chi connectivity index (χ2n) is 5.10. The molecule has 98 valence electrons. The Kier molecular flexibility index (Phi) is 2.94. The average molecular weight is 276 g/mol. The maximum absolute atomic E-state index is 12.4. The van der Waals surface area contributed by atoms with Crippen molar-refractivity contribution in [1.82, 2.24) is 0 Å². The number of anilines is 1. The van der Waals surface area contributed by atoms with Crippen LogP contribution < -0.4 is 4.90 Å². The number of halogens is 1. The number of amides is 2. The van der Waals surface area contributed by atoms with E-state index in [0.717, 1.165) is 5.56 Å². The van der Waals surface area contributed by atoms with E-state index in [1.807, 2.05) is 25.1 Å². The highest BCUT2D eigenvalue weighted by Gasteiger charge is 2.48. The lowest BCUT2D eigenvalue weighted by Gasteiger charge is -2.17. The van der Waals surface area contributed by atoms with Gasteiger partial charge in [0, 0.05) is 5.02 Å². The summed E-state index contributed by atoms with van der Waals surface area (Å²) in [5.74, 6) is -0.582. The van der Waals surface area contributed by atoms with Gasteiger partial charge in [-0.25, -0.2) is 4.90 Å². The van der Waals surface area contributed by atoms with Crippen molar-refractivity contribution in [3.63, 3.8) is 0 Å². The number of rotatable bonds is 1. The molecule has 0 radical (unpaired) electrons. The van der Waals surface area contributed by atoms with Crippen molar-refractivity contribution < 1.29 is 9.59 Å². The summed E-state index contributed by atoms with van der Waals surface area (Å²) in [5, 5.41) is 0.536. The lowest BCUT2D eigenvalue weighted by molar-refractivity contribution is -0.122. The molecule has 2 amide bonds. The van der Waals surface area contributed by atoms with Gasteiger partial charge in [-0.3, -0.25) is 9.59 Å². The van der Waals surface area contributed by atoms with E-state index in [9.17, 15) is 9.59 Å². The molecule has 0 saturated carbocycles. The van der Waals surface area contributed by atoms with Crippen molar-refractivity contribution in [3.05, 3.63) is 40.9 Å². The monoisotopic (exact) mass is 275 g/mol. The van der Waals surface area contributed by atoms with E-state index in [4.69, 9.17) is 11.6 Å². The Morgan fingerprint density at radius 1 is 1.11 bits per heavy atom. The lowest BCUT2D eigenvalue weighted by Crippen LogP contribution is -2.31. The summed E-state index contributed by atoms with van der Waals surface area (Å²) in [6.45, 7) is 1.88. The van der Waals surface area contributed by atoms with E-state index in [1.165, 1.54) is 4.90 Å². The Hall–Kier alpha value is -1.61.